The summed E-state index contributed by atoms with van der Waals surface area (Å²) in [6.45, 7) is 1.74. The van der Waals surface area contributed by atoms with Gasteiger partial charge in [-0.05, 0) is 25.0 Å². The summed E-state index contributed by atoms with van der Waals surface area (Å²) in [5, 5.41) is 4.87. The SMILES string of the molecule is COc1cc2c(cc1NC(=O)C[NH+]1CCC[C@@H](C(N)=O)C1)oc1ccccc12. The van der Waals surface area contributed by atoms with E-state index in [0.717, 1.165) is 40.6 Å². The first-order valence-electron chi connectivity index (χ1n) is 9.47. The second kappa shape index (κ2) is 7.52. The zero-order valence-corrected chi connectivity index (χ0v) is 15.8. The van der Waals surface area contributed by atoms with Crippen molar-refractivity contribution in [2.24, 2.45) is 11.7 Å². The van der Waals surface area contributed by atoms with Crippen LogP contribution in [-0.2, 0) is 9.59 Å². The normalized spacial score (nSPS) is 19.6. The minimum atomic E-state index is -0.283. The molecule has 2 heterocycles. The van der Waals surface area contributed by atoms with Crippen molar-refractivity contribution < 1.29 is 23.6 Å². The van der Waals surface area contributed by atoms with Gasteiger partial charge in [-0.25, -0.2) is 0 Å². The summed E-state index contributed by atoms with van der Waals surface area (Å²) in [6, 6.07) is 11.5. The van der Waals surface area contributed by atoms with Crippen LogP contribution in [0.15, 0.2) is 40.8 Å². The Balaban J connectivity index is 1.54. The van der Waals surface area contributed by atoms with E-state index in [1.165, 1.54) is 0 Å². The summed E-state index contributed by atoms with van der Waals surface area (Å²) in [5.41, 5.74) is 7.48. The smallest absolute Gasteiger partial charge is 0.279 e. The topological polar surface area (TPSA) is 99.0 Å². The number of rotatable bonds is 5. The Bertz CT molecular complexity index is 1040. The van der Waals surface area contributed by atoms with Crippen molar-refractivity contribution >= 4 is 39.4 Å². The van der Waals surface area contributed by atoms with Crippen LogP contribution in [0.4, 0.5) is 5.69 Å². The lowest BCUT2D eigenvalue weighted by Crippen LogP contribution is -3.14. The number of para-hydroxylation sites is 1. The van der Waals surface area contributed by atoms with E-state index in [9.17, 15) is 9.59 Å². The van der Waals surface area contributed by atoms with Crippen LogP contribution in [0.2, 0.25) is 0 Å². The number of anilines is 1. The number of piperidine rings is 1. The van der Waals surface area contributed by atoms with Gasteiger partial charge in [-0.3, -0.25) is 9.59 Å². The summed E-state index contributed by atoms with van der Waals surface area (Å²) >= 11 is 0. The average Bonchev–Trinajstić information content (AvgIpc) is 3.04. The van der Waals surface area contributed by atoms with Crippen molar-refractivity contribution in [3.63, 3.8) is 0 Å². The first-order valence-corrected chi connectivity index (χ1v) is 9.47. The molecule has 0 saturated carbocycles. The molecule has 2 aromatic carbocycles. The monoisotopic (exact) mass is 382 g/mol. The van der Waals surface area contributed by atoms with Gasteiger partial charge in [-0.1, -0.05) is 18.2 Å². The molecule has 1 aromatic heterocycles. The fraction of sp³-hybridized carbons (Fsp3) is 0.333. The van der Waals surface area contributed by atoms with Gasteiger partial charge in [0.1, 0.15) is 16.9 Å². The number of nitrogens with one attached hydrogen (secondary N) is 2. The number of carbonyl (C=O) groups is 2. The number of fused-ring (bicyclic) bond motifs is 3. The van der Waals surface area contributed by atoms with Crippen LogP contribution in [0.1, 0.15) is 12.8 Å². The summed E-state index contributed by atoms with van der Waals surface area (Å²) in [5.74, 6) is 0.0116. The van der Waals surface area contributed by atoms with Gasteiger partial charge >= 0.3 is 0 Å². The van der Waals surface area contributed by atoms with Gasteiger partial charge in [-0.2, -0.15) is 0 Å². The fourth-order valence-electron chi connectivity index (χ4n) is 3.99. The van der Waals surface area contributed by atoms with Crippen LogP contribution < -0.4 is 20.7 Å². The van der Waals surface area contributed by atoms with Crippen LogP contribution in [0.3, 0.4) is 0 Å². The fourth-order valence-corrected chi connectivity index (χ4v) is 3.99. The predicted molar refractivity (Wildman–Crippen MR) is 106 cm³/mol. The van der Waals surface area contributed by atoms with Crippen LogP contribution in [-0.4, -0.2) is 38.6 Å². The molecule has 1 aliphatic heterocycles. The average molecular weight is 382 g/mol. The molecule has 4 N–H and O–H groups in total. The number of likely N-dealkylation sites (tertiary alicyclic amines) is 1. The zero-order chi connectivity index (χ0) is 19.7. The van der Waals surface area contributed by atoms with Gasteiger partial charge in [-0.15, -0.1) is 0 Å². The van der Waals surface area contributed by atoms with E-state index in [4.69, 9.17) is 14.9 Å². The largest absolute Gasteiger partial charge is 0.495 e. The zero-order valence-electron chi connectivity index (χ0n) is 15.8. The Hall–Kier alpha value is -3.06. The van der Waals surface area contributed by atoms with E-state index >= 15 is 0 Å². The maximum Gasteiger partial charge on any atom is 0.279 e. The van der Waals surface area contributed by atoms with Gasteiger partial charge in [0.25, 0.3) is 5.91 Å². The molecule has 0 bridgehead atoms. The van der Waals surface area contributed by atoms with Crippen molar-refractivity contribution in [2.75, 3.05) is 32.1 Å². The van der Waals surface area contributed by atoms with Crippen LogP contribution in [0, 0.1) is 5.92 Å². The molecule has 1 unspecified atom stereocenters. The molecule has 2 amide bonds. The van der Waals surface area contributed by atoms with Crippen LogP contribution >= 0.6 is 0 Å². The third kappa shape index (κ3) is 3.53. The highest BCUT2D eigenvalue weighted by atomic mass is 16.5. The molecule has 2 atom stereocenters. The number of primary amides is 1. The van der Waals surface area contributed by atoms with E-state index in [1.807, 2.05) is 30.3 Å². The van der Waals surface area contributed by atoms with Crippen LogP contribution in [0.5, 0.6) is 5.75 Å². The molecule has 1 saturated heterocycles. The Labute approximate surface area is 162 Å². The lowest BCUT2D eigenvalue weighted by molar-refractivity contribution is -0.899. The van der Waals surface area contributed by atoms with E-state index in [-0.39, 0.29) is 24.3 Å². The van der Waals surface area contributed by atoms with E-state index in [1.54, 1.807) is 13.2 Å². The first kappa shape index (κ1) is 18.3. The Morgan fingerprint density at radius 2 is 2.07 bits per heavy atom. The third-order valence-corrected chi connectivity index (χ3v) is 5.40. The lowest BCUT2D eigenvalue weighted by atomic mass is 9.97. The molecular weight excluding hydrogens is 358 g/mol. The van der Waals surface area contributed by atoms with Gasteiger partial charge in [0.05, 0.1) is 31.8 Å². The first-order chi connectivity index (χ1) is 13.5. The standard InChI is InChI=1S/C21H23N3O4/c1-27-19-9-15-14-6-2-3-7-17(14)28-18(15)10-16(19)23-20(25)12-24-8-4-5-13(11-24)21(22)26/h2-3,6-7,9-10,13H,4-5,8,11-12H2,1H3,(H2,22,26)(H,23,25)/p+1/t13-/m1/s1. The summed E-state index contributed by atoms with van der Waals surface area (Å²) in [6.07, 6.45) is 1.70. The predicted octanol–water partition coefficient (Wildman–Crippen LogP) is 1.31. The maximum atomic E-state index is 12.6. The number of methoxy groups -OCH3 is 1. The molecule has 0 radical (unpaired) electrons. The summed E-state index contributed by atoms with van der Waals surface area (Å²) in [7, 11) is 1.58. The number of benzene rings is 2. The highest BCUT2D eigenvalue weighted by Gasteiger charge is 2.28. The number of nitrogens with two attached hydrogens (primary N) is 1. The second-order valence-corrected chi connectivity index (χ2v) is 7.32. The minimum absolute atomic E-state index is 0.131. The molecular formula is C21H24N3O4+. The van der Waals surface area contributed by atoms with Crippen molar-refractivity contribution in [1.82, 2.24) is 0 Å². The molecule has 0 spiro atoms. The van der Waals surface area contributed by atoms with Gasteiger partial charge in [0.15, 0.2) is 6.54 Å². The third-order valence-electron chi connectivity index (χ3n) is 5.40. The van der Waals surface area contributed by atoms with E-state index in [0.29, 0.717) is 23.6 Å². The van der Waals surface area contributed by atoms with Crippen molar-refractivity contribution in [1.29, 1.82) is 0 Å². The summed E-state index contributed by atoms with van der Waals surface area (Å²) in [4.78, 5) is 25.1. The number of carbonyl (C=O) groups excluding carboxylic acids is 2. The Kier molecular flexibility index (Phi) is 4.92. The van der Waals surface area contributed by atoms with E-state index in [2.05, 4.69) is 5.32 Å². The number of furan rings is 1. The minimum Gasteiger partial charge on any atom is -0.495 e. The highest BCUT2D eigenvalue weighted by molar-refractivity contribution is 6.07. The van der Waals surface area contributed by atoms with Gasteiger partial charge in [0.2, 0.25) is 5.91 Å². The quantitative estimate of drug-likeness (QED) is 0.620. The molecule has 4 rings (SSSR count). The molecule has 28 heavy (non-hydrogen) atoms. The molecule has 7 nitrogen and oxygen atoms in total. The maximum absolute atomic E-state index is 12.6. The molecule has 1 aliphatic rings. The molecule has 1 fully saturated rings. The van der Waals surface area contributed by atoms with Crippen molar-refractivity contribution in [2.45, 2.75) is 12.8 Å². The number of hydrogen-bond donors (Lipinski definition) is 3. The number of amides is 2. The van der Waals surface area contributed by atoms with Crippen LogP contribution in [0.25, 0.3) is 21.9 Å². The molecule has 3 aromatic rings. The van der Waals surface area contributed by atoms with E-state index < -0.39 is 0 Å². The number of quaternary nitrogens is 1. The van der Waals surface area contributed by atoms with Crippen molar-refractivity contribution in [3.8, 4) is 5.75 Å². The Morgan fingerprint density at radius 1 is 1.25 bits per heavy atom. The molecule has 0 aliphatic carbocycles. The molecule has 7 heteroatoms. The van der Waals surface area contributed by atoms with Gasteiger partial charge in [0, 0.05) is 16.8 Å². The Morgan fingerprint density at radius 3 is 2.86 bits per heavy atom. The summed E-state index contributed by atoms with van der Waals surface area (Å²) < 4.78 is 11.4. The number of hydrogen-bond acceptors (Lipinski definition) is 4. The van der Waals surface area contributed by atoms with Gasteiger partial charge < -0.3 is 25.1 Å². The highest BCUT2D eigenvalue weighted by Crippen LogP contribution is 2.36. The molecule has 146 valence electrons. The van der Waals surface area contributed by atoms with Crippen molar-refractivity contribution in [3.05, 3.63) is 36.4 Å². The number of ether oxygens (including phenoxy) is 1. The second-order valence-electron chi connectivity index (χ2n) is 7.32. The lowest BCUT2D eigenvalue weighted by Gasteiger charge is -2.27.